The van der Waals surface area contributed by atoms with Gasteiger partial charge in [0, 0.05) is 24.0 Å². The molecule has 0 aromatic rings. The van der Waals surface area contributed by atoms with E-state index in [-0.39, 0.29) is 24.0 Å². The third-order valence-corrected chi connectivity index (χ3v) is 3.70. The van der Waals surface area contributed by atoms with Crippen LogP contribution in [-0.2, 0) is 19.2 Å². The van der Waals surface area contributed by atoms with Gasteiger partial charge in [0.05, 0.1) is 0 Å². The lowest BCUT2D eigenvalue weighted by molar-refractivity contribution is -0.135. The zero-order valence-corrected chi connectivity index (χ0v) is 11.4. The fourth-order valence-corrected chi connectivity index (χ4v) is 2.53. The first-order valence-corrected chi connectivity index (χ1v) is 7.17. The Balaban J connectivity index is 2.38. The summed E-state index contributed by atoms with van der Waals surface area (Å²) in [6.45, 7) is 0. The van der Waals surface area contributed by atoms with Crippen molar-refractivity contribution in [3.05, 3.63) is 23.3 Å². The highest BCUT2D eigenvalue weighted by Gasteiger charge is 2.29. The number of carbonyl (C=O) groups is 4. The molecule has 2 rings (SSSR count). The van der Waals surface area contributed by atoms with Crippen LogP contribution in [0.15, 0.2) is 23.3 Å². The fourth-order valence-electron chi connectivity index (χ4n) is 2.53. The highest BCUT2D eigenvalue weighted by molar-refractivity contribution is 6.51. The summed E-state index contributed by atoms with van der Waals surface area (Å²) in [6.07, 6.45) is 8.10. The van der Waals surface area contributed by atoms with Gasteiger partial charge in [-0.2, -0.15) is 0 Å². The Morgan fingerprint density at radius 3 is 1.40 bits per heavy atom. The number of allylic oxidation sites excluding steroid dienone is 4. The van der Waals surface area contributed by atoms with E-state index >= 15 is 0 Å². The molecule has 0 aromatic heterocycles. The van der Waals surface area contributed by atoms with Crippen LogP contribution in [0.1, 0.15) is 51.4 Å². The van der Waals surface area contributed by atoms with Crippen molar-refractivity contribution in [2.24, 2.45) is 0 Å². The quantitative estimate of drug-likeness (QED) is 0.688. The Labute approximate surface area is 117 Å². The average Bonchev–Trinajstić information content (AvgIpc) is 2.43. The monoisotopic (exact) mass is 274 g/mol. The zero-order valence-electron chi connectivity index (χ0n) is 11.4. The van der Waals surface area contributed by atoms with Gasteiger partial charge in [0.25, 0.3) is 0 Å². The zero-order chi connectivity index (χ0) is 14.5. The Bertz CT molecular complexity index is 475. The molecule has 4 nitrogen and oxygen atoms in total. The molecule has 20 heavy (non-hydrogen) atoms. The first-order chi connectivity index (χ1) is 9.61. The van der Waals surface area contributed by atoms with Crippen molar-refractivity contribution in [2.45, 2.75) is 51.4 Å². The predicted octanol–water partition coefficient (Wildman–Crippen LogP) is 2.26. The van der Waals surface area contributed by atoms with Gasteiger partial charge in [0.15, 0.2) is 0 Å². The molecule has 0 unspecified atom stereocenters. The lowest BCUT2D eigenvalue weighted by Gasteiger charge is -2.14. The maximum absolute atomic E-state index is 12.1. The standard InChI is InChI=1S/C16H18O4/c17-13-9-5-1-3-7-11(15(13)19)12-8-4-2-6-10-14(18)16(12)20/h7-8H,1-6,9-10H2/b11-7-,12-8+. The number of rotatable bonds is 1. The Morgan fingerprint density at radius 2 is 1.00 bits per heavy atom. The second kappa shape index (κ2) is 6.55. The van der Waals surface area contributed by atoms with Gasteiger partial charge in [-0.15, -0.1) is 0 Å². The van der Waals surface area contributed by atoms with Gasteiger partial charge >= 0.3 is 0 Å². The van der Waals surface area contributed by atoms with Gasteiger partial charge in [-0.05, 0) is 38.5 Å². The molecule has 0 saturated heterocycles. The molecular weight excluding hydrogens is 256 g/mol. The summed E-state index contributed by atoms with van der Waals surface area (Å²) in [5.74, 6) is -2.14. The van der Waals surface area contributed by atoms with E-state index in [0.29, 0.717) is 25.7 Å². The molecule has 106 valence electrons. The molecule has 0 aromatic carbocycles. The highest BCUT2D eigenvalue weighted by atomic mass is 16.2. The van der Waals surface area contributed by atoms with Crippen LogP contribution in [0.2, 0.25) is 0 Å². The average molecular weight is 274 g/mol. The van der Waals surface area contributed by atoms with Crippen molar-refractivity contribution in [2.75, 3.05) is 0 Å². The molecule has 0 spiro atoms. The van der Waals surface area contributed by atoms with Gasteiger partial charge in [-0.25, -0.2) is 0 Å². The van der Waals surface area contributed by atoms with Crippen LogP contribution in [0.4, 0.5) is 0 Å². The molecule has 4 heteroatoms. The number of carbonyl (C=O) groups excluding carboxylic acids is 4. The molecule has 0 saturated carbocycles. The lowest BCUT2D eigenvalue weighted by Crippen LogP contribution is -2.25. The second-order valence-corrected chi connectivity index (χ2v) is 5.23. The van der Waals surface area contributed by atoms with Crippen LogP contribution in [0, 0.1) is 0 Å². The number of hydrogen-bond acceptors (Lipinski definition) is 4. The summed E-state index contributed by atoms with van der Waals surface area (Å²) in [4.78, 5) is 47.7. The Morgan fingerprint density at radius 1 is 0.600 bits per heavy atom. The maximum Gasteiger partial charge on any atom is 0.228 e. The van der Waals surface area contributed by atoms with Crippen molar-refractivity contribution < 1.29 is 19.2 Å². The molecule has 2 aliphatic rings. The molecule has 0 aliphatic heterocycles. The van der Waals surface area contributed by atoms with Crippen LogP contribution < -0.4 is 0 Å². The summed E-state index contributed by atoms with van der Waals surface area (Å²) in [6, 6.07) is 0. The van der Waals surface area contributed by atoms with Crippen molar-refractivity contribution >= 4 is 23.1 Å². The molecule has 0 bridgehead atoms. The van der Waals surface area contributed by atoms with E-state index in [1.54, 1.807) is 12.2 Å². The minimum absolute atomic E-state index is 0.148. The highest BCUT2D eigenvalue weighted by Crippen LogP contribution is 2.23. The molecule has 0 amide bonds. The van der Waals surface area contributed by atoms with E-state index < -0.39 is 23.1 Å². The molecule has 2 aliphatic carbocycles. The van der Waals surface area contributed by atoms with E-state index in [1.165, 1.54) is 0 Å². The van der Waals surface area contributed by atoms with Crippen molar-refractivity contribution in [1.29, 1.82) is 0 Å². The van der Waals surface area contributed by atoms with Gasteiger partial charge in [-0.1, -0.05) is 12.2 Å². The van der Waals surface area contributed by atoms with Gasteiger partial charge < -0.3 is 0 Å². The number of hydrogen-bond donors (Lipinski definition) is 0. The van der Waals surface area contributed by atoms with Gasteiger partial charge in [-0.3, -0.25) is 19.2 Å². The van der Waals surface area contributed by atoms with Crippen molar-refractivity contribution in [1.82, 2.24) is 0 Å². The van der Waals surface area contributed by atoms with Crippen LogP contribution in [0.5, 0.6) is 0 Å². The van der Waals surface area contributed by atoms with Crippen LogP contribution in [0.3, 0.4) is 0 Å². The summed E-state index contributed by atoms with van der Waals surface area (Å²) < 4.78 is 0. The van der Waals surface area contributed by atoms with Crippen LogP contribution in [-0.4, -0.2) is 23.1 Å². The van der Waals surface area contributed by atoms with Crippen molar-refractivity contribution in [3.8, 4) is 0 Å². The van der Waals surface area contributed by atoms with E-state index in [4.69, 9.17) is 0 Å². The minimum Gasteiger partial charge on any atom is -0.290 e. The smallest absolute Gasteiger partial charge is 0.228 e. The third-order valence-electron chi connectivity index (χ3n) is 3.70. The molecule has 0 fully saturated rings. The summed E-state index contributed by atoms with van der Waals surface area (Å²) in [5.41, 5.74) is 0.296. The molecule has 0 N–H and O–H groups in total. The summed E-state index contributed by atoms with van der Waals surface area (Å²) >= 11 is 0. The minimum atomic E-state index is -0.613. The second-order valence-electron chi connectivity index (χ2n) is 5.23. The topological polar surface area (TPSA) is 68.3 Å². The van der Waals surface area contributed by atoms with Gasteiger partial charge in [0.1, 0.15) is 0 Å². The fraction of sp³-hybridized carbons (Fsp3) is 0.500. The van der Waals surface area contributed by atoms with E-state index in [0.717, 1.165) is 12.8 Å². The summed E-state index contributed by atoms with van der Waals surface area (Å²) in [5, 5.41) is 0. The largest absolute Gasteiger partial charge is 0.290 e. The number of ketones is 4. The van der Waals surface area contributed by atoms with Crippen LogP contribution in [0.25, 0.3) is 0 Å². The SMILES string of the molecule is O=C1CCCC/C=C(/C2=C\CCCCC(=O)C2=O)C1=O. The van der Waals surface area contributed by atoms with Crippen molar-refractivity contribution in [3.63, 3.8) is 0 Å². The molecule has 0 radical (unpaired) electrons. The van der Waals surface area contributed by atoms with E-state index in [9.17, 15) is 19.2 Å². The lowest BCUT2D eigenvalue weighted by atomic mass is 9.87. The van der Waals surface area contributed by atoms with Gasteiger partial charge in [0.2, 0.25) is 23.1 Å². The normalized spacial score (nSPS) is 27.6. The Hall–Kier alpha value is -1.84. The Kier molecular flexibility index (Phi) is 4.77. The predicted molar refractivity (Wildman–Crippen MR) is 73.1 cm³/mol. The molecule has 0 heterocycles. The molecular formula is C16H18O4. The van der Waals surface area contributed by atoms with Crippen LogP contribution >= 0.6 is 0 Å². The van der Waals surface area contributed by atoms with E-state index in [2.05, 4.69) is 0 Å². The molecule has 0 atom stereocenters. The maximum atomic E-state index is 12.1. The van der Waals surface area contributed by atoms with E-state index in [1.807, 2.05) is 0 Å². The first-order valence-electron chi connectivity index (χ1n) is 7.17. The summed E-state index contributed by atoms with van der Waals surface area (Å²) in [7, 11) is 0. The third kappa shape index (κ3) is 3.18. The first kappa shape index (κ1) is 14.6. The number of Topliss-reactive ketones (excluding diaryl/α,β-unsaturated/α-hetero) is 4.